The predicted octanol–water partition coefficient (Wildman–Crippen LogP) is 9.76. The summed E-state index contributed by atoms with van der Waals surface area (Å²) in [6, 6.07) is 0. The number of hydrogen-bond donors (Lipinski definition) is 1. The van der Waals surface area contributed by atoms with E-state index in [4.69, 9.17) is 0 Å². The molecular weight excluding hydrogens is 320 g/mol. The summed E-state index contributed by atoms with van der Waals surface area (Å²) < 4.78 is 0. The van der Waals surface area contributed by atoms with Crippen LogP contribution in [0.2, 0.25) is 0 Å². The van der Waals surface area contributed by atoms with Crippen molar-refractivity contribution in [1.82, 2.24) is 0 Å². The Morgan fingerprint density at radius 3 is 0.720 bits per heavy atom. The molecule has 0 spiro atoms. The van der Waals surface area contributed by atoms with Crippen LogP contribution in [-0.4, -0.2) is 5.75 Å². The minimum absolute atomic E-state index is 1.07. The lowest BCUT2D eigenvalue weighted by atomic mass is 10.1. The summed E-state index contributed by atoms with van der Waals surface area (Å²) in [6.45, 7) is 6.83. The van der Waals surface area contributed by atoms with E-state index in [0.717, 1.165) is 5.75 Å². The summed E-state index contributed by atoms with van der Waals surface area (Å²) in [5.74, 6) is 1.07. The first kappa shape index (κ1) is 27.6. The van der Waals surface area contributed by atoms with Crippen LogP contribution in [0.15, 0.2) is 0 Å². The van der Waals surface area contributed by atoms with Gasteiger partial charge in [0.1, 0.15) is 0 Å². The van der Waals surface area contributed by atoms with Crippen LogP contribution in [0.3, 0.4) is 0 Å². The molecular formula is C24H52S. The average molecular weight is 373 g/mol. The standard InChI is InChI=1S/C12H26S.C12H26/c1-2-3-4-5-6-7-8-9-10-11-12-13;1-3-5-7-9-11-12-10-8-6-4-2/h13H,2-12H2,1H3;3-12H2,1-2H3. The van der Waals surface area contributed by atoms with Gasteiger partial charge in [0.15, 0.2) is 0 Å². The Bertz CT molecular complexity index is 171. The molecule has 0 aromatic carbocycles. The largest absolute Gasteiger partial charge is 0.179 e. The van der Waals surface area contributed by atoms with E-state index in [-0.39, 0.29) is 0 Å². The Kier molecular flexibility index (Phi) is 32.1. The van der Waals surface area contributed by atoms with E-state index >= 15 is 0 Å². The molecule has 25 heavy (non-hydrogen) atoms. The van der Waals surface area contributed by atoms with Crippen LogP contribution in [-0.2, 0) is 0 Å². The molecule has 0 aliphatic rings. The third kappa shape index (κ3) is 32.5. The van der Waals surface area contributed by atoms with Crippen molar-refractivity contribution in [3.63, 3.8) is 0 Å². The Balaban J connectivity index is 0. The van der Waals surface area contributed by atoms with Gasteiger partial charge in [-0.3, -0.25) is 0 Å². The highest BCUT2D eigenvalue weighted by Crippen LogP contribution is 2.11. The molecule has 0 aliphatic heterocycles. The normalized spacial score (nSPS) is 10.6. The van der Waals surface area contributed by atoms with Crippen molar-refractivity contribution in [2.75, 3.05) is 5.75 Å². The van der Waals surface area contributed by atoms with E-state index < -0.39 is 0 Å². The summed E-state index contributed by atoms with van der Waals surface area (Å²) in [6.07, 6.45) is 28.6. The van der Waals surface area contributed by atoms with Gasteiger partial charge in [0.05, 0.1) is 0 Å². The van der Waals surface area contributed by atoms with Crippen molar-refractivity contribution >= 4 is 12.6 Å². The highest BCUT2D eigenvalue weighted by molar-refractivity contribution is 7.80. The molecule has 0 nitrogen and oxygen atoms in total. The molecule has 0 aromatic rings. The maximum Gasteiger partial charge on any atom is -0.00979 e. The van der Waals surface area contributed by atoms with Crippen molar-refractivity contribution in [2.24, 2.45) is 0 Å². The van der Waals surface area contributed by atoms with Gasteiger partial charge in [-0.25, -0.2) is 0 Å². The molecule has 0 saturated heterocycles. The minimum Gasteiger partial charge on any atom is -0.179 e. The molecule has 0 aromatic heterocycles. The quantitative estimate of drug-likeness (QED) is 0.169. The van der Waals surface area contributed by atoms with E-state index in [9.17, 15) is 0 Å². The van der Waals surface area contributed by atoms with E-state index in [1.807, 2.05) is 0 Å². The first-order chi connectivity index (χ1) is 12.3. The average Bonchev–Trinajstić information content (AvgIpc) is 2.63. The smallest absolute Gasteiger partial charge is 0.00979 e. The number of unbranched alkanes of at least 4 members (excludes halogenated alkanes) is 18. The maximum absolute atomic E-state index is 4.20. The van der Waals surface area contributed by atoms with Gasteiger partial charge in [-0.2, -0.15) is 12.6 Å². The molecule has 0 radical (unpaired) electrons. The van der Waals surface area contributed by atoms with Gasteiger partial charge >= 0.3 is 0 Å². The first-order valence-corrected chi connectivity index (χ1v) is 12.6. The molecule has 154 valence electrons. The van der Waals surface area contributed by atoms with Crippen molar-refractivity contribution in [2.45, 2.75) is 149 Å². The van der Waals surface area contributed by atoms with Crippen LogP contribution in [0.5, 0.6) is 0 Å². The number of hydrogen-bond acceptors (Lipinski definition) is 1. The lowest BCUT2D eigenvalue weighted by Crippen LogP contribution is -1.81. The van der Waals surface area contributed by atoms with Gasteiger partial charge in [0.25, 0.3) is 0 Å². The Labute approximate surface area is 167 Å². The highest BCUT2D eigenvalue weighted by Gasteiger charge is 1.91. The summed E-state index contributed by atoms with van der Waals surface area (Å²) >= 11 is 4.20. The zero-order chi connectivity index (χ0) is 18.8. The second-order valence-electron chi connectivity index (χ2n) is 7.73. The molecule has 0 heterocycles. The maximum atomic E-state index is 4.20. The molecule has 0 saturated carbocycles. The monoisotopic (exact) mass is 372 g/mol. The molecule has 0 aliphatic carbocycles. The fourth-order valence-electron chi connectivity index (χ4n) is 3.16. The van der Waals surface area contributed by atoms with E-state index in [0.29, 0.717) is 0 Å². The Morgan fingerprint density at radius 2 is 0.520 bits per heavy atom. The number of rotatable bonds is 19. The molecule has 0 amide bonds. The van der Waals surface area contributed by atoms with Crippen LogP contribution in [0.1, 0.15) is 149 Å². The summed E-state index contributed by atoms with van der Waals surface area (Å²) in [7, 11) is 0. The van der Waals surface area contributed by atoms with E-state index in [1.165, 1.54) is 128 Å². The van der Waals surface area contributed by atoms with Gasteiger partial charge in [-0.15, -0.1) is 0 Å². The van der Waals surface area contributed by atoms with Crippen LogP contribution in [0.4, 0.5) is 0 Å². The zero-order valence-electron chi connectivity index (χ0n) is 18.3. The highest BCUT2D eigenvalue weighted by atomic mass is 32.1. The van der Waals surface area contributed by atoms with Gasteiger partial charge in [-0.05, 0) is 12.2 Å². The van der Waals surface area contributed by atoms with Crippen molar-refractivity contribution in [3.8, 4) is 0 Å². The van der Waals surface area contributed by atoms with Crippen molar-refractivity contribution < 1.29 is 0 Å². The summed E-state index contributed by atoms with van der Waals surface area (Å²) in [4.78, 5) is 0. The first-order valence-electron chi connectivity index (χ1n) is 11.9. The van der Waals surface area contributed by atoms with Gasteiger partial charge in [0, 0.05) is 0 Å². The van der Waals surface area contributed by atoms with E-state index in [2.05, 4.69) is 33.4 Å². The van der Waals surface area contributed by atoms with Crippen LogP contribution in [0, 0.1) is 0 Å². The van der Waals surface area contributed by atoms with Crippen molar-refractivity contribution in [1.29, 1.82) is 0 Å². The predicted molar refractivity (Wildman–Crippen MR) is 123 cm³/mol. The Hall–Kier alpha value is 0.350. The minimum atomic E-state index is 1.07. The summed E-state index contributed by atoms with van der Waals surface area (Å²) in [5, 5.41) is 0. The lowest BCUT2D eigenvalue weighted by molar-refractivity contribution is 0.562. The van der Waals surface area contributed by atoms with E-state index in [1.54, 1.807) is 0 Å². The molecule has 0 atom stereocenters. The second kappa shape index (κ2) is 29.1. The van der Waals surface area contributed by atoms with Crippen LogP contribution in [0.25, 0.3) is 0 Å². The second-order valence-corrected chi connectivity index (χ2v) is 8.18. The Morgan fingerprint density at radius 1 is 0.320 bits per heavy atom. The third-order valence-electron chi connectivity index (χ3n) is 4.97. The fraction of sp³-hybridized carbons (Fsp3) is 1.00. The lowest BCUT2D eigenvalue weighted by Gasteiger charge is -2.00. The van der Waals surface area contributed by atoms with Gasteiger partial charge in [0.2, 0.25) is 0 Å². The van der Waals surface area contributed by atoms with Crippen LogP contribution >= 0.6 is 12.6 Å². The number of thiol groups is 1. The molecule has 0 rings (SSSR count). The molecule has 0 fully saturated rings. The SMILES string of the molecule is CCCCCCCCCCCC.CCCCCCCCCCCCS. The molecule has 1 heteroatoms. The van der Waals surface area contributed by atoms with Gasteiger partial charge < -0.3 is 0 Å². The third-order valence-corrected chi connectivity index (χ3v) is 5.29. The topological polar surface area (TPSA) is 0 Å². The zero-order valence-corrected chi connectivity index (χ0v) is 19.2. The van der Waals surface area contributed by atoms with Crippen molar-refractivity contribution in [3.05, 3.63) is 0 Å². The molecule has 0 unspecified atom stereocenters. The van der Waals surface area contributed by atoms with Crippen LogP contribution < -0.4 is 0 Å². The fourth-order valence-corrected chi connectivity index (χ4v) is 3.38. The van der Waals surface area contributed by atoms with Gasteiger partial charge in [-0.1, -0.05) is 143 Å². The molecule has 0 N–H and O–H groups in total. The summed E-state index contributed by atoms with van der Waals surface area (Å²) in [5.41, 5.74) is 0. The molecule has 0 bridgehead atoms.